The number of hydrogen-bond donors (Lipinski definition) is 2. The molecule has 0 spiro atoms. The van der Waals surface area contributed by atoms with Crippen molar-refractivity contribution in [1.82, 2.24) is 5.43 Å². The summed E-state index contributed by atoms with van der Waals surface area (Å²) in [4.78, 5) is 37.9. The van der Waals surface area contributed by atoms with E-state index in [1.54, 1.807) is 30.3 Å². The number of halogens is 2. The second kappa shape index (κ2) is 10.3. The Bertz CT molecular complexity index is 1310. The lowest BCUT2D eigenvalue weighted by Crippen LogP contribution is -2.35. The fourth-order valence-electron chi connectivity index (χ4n) is 3.34. The van der Waals surface area contributed by atoms with Crippen molar-refractivity contribution in [3.05, 3.63) is 88.7 Å². The number of rotatable bonds is 7. The number of carbonyl (C=O) groups excluding carboxylic acids is 3. The summed E-state index contributed by atoms with van der Waals surface area (Å²) in [6.45, 7) is -0.429. The SMILES string of the molecule is COc1cc(Cl)cc(/C=C2/C(=O)NN(c3ccccc3)C2=O)c1OCC(=O)Nc1ccc(F)cc1. The summed E-state index contributed by atoms with van der Waals surface area (Å²) in [5.74, 6) is -1.82. The molecule has 1 heterocycles. The third kappa shape index (κ3) is 5.42. The Balaban J connectivity index is 1.59. The van der Waals surface area contributed by atoms with Gasteiger partial charge in [-0.25, -0.2) is 9.40 Å². The van der Waals surface area contributed by atoms with Gasteiger partial charge in [0.2, 0.25) is 0 Å². The van der Waals surface area contributed by atoms with E-state index in [0.717, 1.165) is 5.01 Å². The first kappa shape index (κ1) is 23.8. The summed E-state index contributed by atoms with van der Waals surface area (Å²) in [6.07, 6.45) is 1.32. The van der Waals surface area contributed by atoms with Gasteiger partial charge in [0.25, 0.3) is 17.7 Å². The lowest BCUT2D eigenvalue weighted by atomic mass is 10.1. The predicted molar refractivity (Wildman–Crippen MR) is 129 cm³/mol. The van der Waals surface area contributed by atoms with Crippen LogP contribution in [-0.2, 0) is 14.4 Å². The summed E-state index contributed by atoms with van der Waals surface area (Å²) in [6, 6.07) is 16.8. The van der Waals surface area contributed by atoms with Gasteiger partial charge in [-0.1, -0.05) is 29.8 Å². The molecule has 3 aromatic carbocycles. The van der Waals surface area contributed by atoms with Crippen molar-refractivity contribution in [3.8, 4) is 11.5 Å². The van der Waals surface area contributed by atoms with Crippen LogP contribution in [0.5, 0.6) is 11.5 Å². The Kier molecular flexibility index (Phi) is 6.98. The minimum absolute atomic E-state index is 0.109. The van der Waals surface area contributed by atoms with Gasteiger partial charge in [-0.3, -0.25) is 19.8 Å². The fourth-order valence-corrected chi connectivity index (χ4v) is 3.56. The van der Waals surface area contributed by atoms with Crippen molar-refractivity contribution in [3.63, 3.8) is 0 Å². The molecular formula is C25H19ClFN3O5. The van der Waals surface area contributed by atoms with Crippen molar-refractivity contribution in [1.29, 1.82) is 0 Å². The standard InChI is InChI=1S/C25H19ClFN3O5/c1-34-21-13-16(26)11-15(23(21)35-14-22(31)28-18-9-7-17(27)8-10-18)12-20-24(32)29-30(25(20)33)19-5-3-2-4-6-19/h2-13H,14H2,1H3,(H,28,31)(H,29,32)/b20-12-. The van der Waals surface area contributed by atoms with Gasteiger partial charge in [0, 0.05) is 22.3 Å². The molecule has 1 fully saturated rings. The number of benzene rings is 3. The lowest BCUT2D eigenvalue weighted by Gasteiger charge is -2.15. The molecule has 178 valence electrons. The van der Waals surface area contributed by atoms with Crippen LogP contribution in [-0.4, -0.2) is 31.4 Å². The number of carbonyl (C=O) groups is 3. The second-order valence-corrected chi connectivity index (χ2v) is 7.78. The van der Waals surface area contributed by atoms with Crippen LogP contribution in [0.1, 0.15) is 5.56 Å². The summed E-state index contributed by atoms with van der Waals surface area (Å²) in [5.41, 5.74) is 3.50. The van der Waals surface area contributed by atoms with Crippen LogP contribution < -0.4 is 25.2 Å². The Morgan fingerprint density at radius 2 is 1.83 bits per heavy atom. The molecule has 0 saturated carbocycles. The van der Waals surface area contributed by atoms with Crippen LogP contribution in [0.2, 0.25) is 5.02 Å². The fraction of sp³-hybridized carbons (Fsp3) is 0.0800. The predicted octanol–water partition coefficient (Wildman–Crippen LogP) is 3.97. The van der Waals surface area contributed by atoms with E-state index >= 15 is 0 Å². The largest absolute Gasteiger partial charge is 0.493 e. The molecule has 0 radical (unpaired) electrons. The molecule has 4 rings (SSSR count). The molecule has 1 aliphatic rings. The summed E-state index contributed by atoms with van der Waals surface area (Å²) in [5, 5.41) is 3.98. The van der Waals surface area contributed by atoms with Crippen LogP contribution in [0, 0.1) is 5.82 Å². The van der Waals surface area contributed by atoms with Crippen LogP contribution in [0.25, 0.3) is 6.08 Å². The topological polar surface area (TPSA) is 97.0 Å². The molecule has 0 aliphatic carbocycles. The highest BCUT2D eigenvalue weighted by atomic mass is 35.5. The van der Waals surface area contributed by atoms with E-state index in [-0.39, 0.29) is 27.7 Å². The second-order valence-electron chi connectivity index (χ2n) is 7.35. The van der Waals surface area contributed by atoms with Gasteiger partial charge < -0.3 is 14.8 Å². The van der Waals surface area contributed by atoms with Gasteiger partial charge >= 0.3 is 0 Å². The van der Waals surface area contributed by atoms with Gasteiger partial charge in [-0.2, -0.15) is 0 Å². The molecule has 2 N–H and O–H groups in total. The zero-order valence-electron chi connectivity index (χ0n) is 18.4. The van der Waals surface area contributed by atoms with Crippen molar-refractivity contribution in [2.24, 2.45) is 0 Å². The highest BCUT2D eigenvalue weighted by Crippen LogP contribution is 2.37. The molecule has 8 nitrogen and oxygen atoms in total. The Hall–Kier alpha value is -4.37. The lowest BCUT2D eigenvalue weighted by molar-refractivity contribution is -0.118. The van der Waals surface area contributed by atoms with E-state index in [1.807, 2.05) is 0 Å². The summed E-state index contributed by atoms with van der Waals surface area (Å²) >= 11 is 6.20. The maximum atomic E-state index is 13.1. The van der Waals surface area contributed by atoms with Crippen LogP contribution >= 0.6 is 11.6 Å². The van der Waals surface area contributed by atoms with Gasteiger partial charge in [0.15, 0.2) is 18.1 Å². The molecule has 1 aliphatic heterocycles. The number of hydrazine groups is 1. The quantitative estimate of drug-likeness (QED) is 0.382. The molecule has 0 atom stereocenters. The first-order valence-corrected chi connectivity index (χ1v) is 10.7. The summed E-state index contributed by atoms with van der Waals surface area (Å²) in [7, 11) is 1.39. The van der Waals surface area contributed by atoms with Crippen molar-refractivity contribution in [2.45, 2.75) is 0 Å². The Morgan fingerprint density at radius 1 is 1.11 bits per heavy atom. The average molecular weight is 496 g/mol. The molecule has 0 bridgehead atoms. The number of amides is 3. The molecule has 10 heteroatoms. The number of ether oxygens (including phenoxy) is 2. The highest BCUT2D eigenvalue weighted by molar-refractivity contribution is 6.32. The number of anilines is 2. The third-order valence-electron chi connectivity index (χ3n) is 4.95. The van der Waals surface area contributed by atoms with E-state index in [4.69, 9.17) is 21.1 Å². The van der Waals surface area contributed by atoms with Crippen molar-refractivity contribution < 1.29 is 28.2 Å². The zero-order valence-corrected chi connectivity index (χ0v) is 19.1. The maximum absolute atomic E-state index is 13.1. The van der Waals surface area contributed by atoms with Gasteiger partial charge in [-0.05, 0) is 48.5 Å². The van der Waals surface area contributed by atoms with Gasteiger partial charge in [0.1, 0.15) is 11.4 Å². The average Bonchev–Trinajstić information content (AvgIpc) is 3.13. The molecular weight excluding hydrogens is 477 g/mol. The maximum Gasteiger partial charge on any atom is 0.282 e. The molecule has 1 saturated heterocycles. The molecule has 3 amide bonds. The van der Waals surface area contributed by atoms with Crippen LogP contribution in [0.4, 0.5) is 15.8 Å². The van der Waals surface area contributed by atoms with E-state index in [0.29, 0.717) is 11.4 Å². The third-order valence-corrected chi connectivity index (χ3v) is 5.17. The molecule has 35 heavy (non-hydrogen) atoms. The first-order valence-electron chi connectivity index (χ1n) is 10.3. The van der Waals surface area contributed by atoms with E-state index in [1.165, 1.54) is 49.6 Å². The minimum Gasteiger partial charge on any atom is -0.493 e. The number of nitrogens with zero attached hydrogens (tertiary/aromatic N) is 1. The van der Waals surface area contributed by atoms with Crippen molar-refractivity contribution >= 4 is 46.8 Å². The molecule has 0 aromatic heterocycles. The number of methoxy groups -OCH3 is 1. The zero-order chi connectivity index (χ0) is 24.9. The van der Waals surface area contributed by atoms with Crippen LogP contribution in [0.3, 0.4) is 0 Å². The first-order chi connectivity index (χ1) is 16.9. The van der Waals surface area contributed by atoms with Gasteiger partial charge in [0.05, 0.1) is 12.8 Å². The normalized spacial score (nSPS) is 14.1. The highest BCUT2D eigenvalue weighted by Gasteiger charge is 2.34. The molecule has 0 unspecified atom stereocenters. The van der Waals surface area contributed by atoms with Gasteiger partial charge in [-0.15, -0.1) is 0 Å². The number of hydrogen-bond acceptors (Lipinski definition) is 5. The smallest absolute Gasteiger partial charge is 0.282 e. The minimum atomic E-state index is -0.613. The molecule has 3 aromatic rings. The van der Waals surface area contributed by atoms with E-state index < -0.39 is 30.1 Å². The Morgan fingerprint density at radius 3 is 2.51 bits per heavy atom. The Labute approximate surface area is 204 Å². The summed E-state index contributed by atoms with van der Waals surface area (Å²) < 4.78 is 24.1. The number of nitrogens with one attached hydrogen (secondary N) is 2. The van der Waals surface area contributed by atoms with E-state index in [9.17, 15) is 18.8 Å². The monoisotopic (exact) mass is 495 g/mol. The van der Waals surface area contributed by atoms with Crippen molar-refractivity contribution in [2.75, 3.05) is 24.0 Å². The number of para-hydroxylation sites is 1. The van der Waals surface area contributed by atoms with E-state index in [2.05, 4.69) is 10.7 Å². The van der Waals surface area contributed by atoms with Crippen LogP contribution in [0.15, 0.2) is 72.3 Å².